The molecule has 0 atom stereocenters. The van der Waals surface area contributed by atoms with Crippen molar-refractivity contribution < 1.29 is 9.21 Å². The Morgan fingerprint density at radius 3 is 2.36 bits per heavy atom. The van der Waals surface area contributed by atoms with Crippen molar-refractivity contribution in [3.63, 3.8) is 0 Å². The number of anilines is 1. The quantitative estimate of drug-likeness (QED) is 0.337. The van der Waals surface area contributed by atoms with E-state index in [9.17, 15) is 9.59 Å². The third-order valence-electron chi connectivity index (χ3n) is 6.15. The molecule has 1 N–H and O–H groups in total. The fraction of sp³-hybridized carbons (Fsp3) is 0.0345. The number of rotatable bonds is 3. The number of amides is 1. The van der Waals surface area contributed by atoms with E-state index in [1.54, 1.807) is 30.3 Å². The summed E-state index contributed by atoms with van der Waals surface area (Å²) in [6.07, 6.45) is 0.873. The van der Waals surface area contributed by atoms with Gasteiger partial charge < -0.3 is 9.73 Å². The molecule has 4 aromatic carbocycles. The third kappa shape index (κ3) is 3.42. The molecule has 0 radical (unpaired) electrons. The molecule has 0 fully saturated rings. The van der Waals surface area contributed by atoms with Crippen molar-refractivity contribution in [2.75, 3.05) is 5.32 Å². The summed E-state index contributed by atoms with van der Waals surface area (Å²) in [7, 11) is 0. The summed E-state index contributed by atoms with van der Waals surface area (Å²) in [5.74, 6) is -0.192. The molecule has 0 spiro atoms. The van der Waals surface area contributed by atoms with Gasteiger partial charge in [-0.3, -0.25) is 4.79 Å². The van der Waals surface area contributed by atoms with Gasteiger partial charge in [-0.2, -0.15) is 0 Å². The maximum atomic E-state index is 12.8. The number of benzene rings is 4. The van der Waals surface area contributed by atoms with E-state index in [4.69, 9.17) is 4.42 Å². The van der Waals surface area contributed by atoms with Crippen LogP contribution in [-0.4, -0.2) is 5.91 Å². The summed E-state index contributed by atoms with van der Waals surface area (Å²) >= 11 is 0. The standard InChI is InChI=1S/C29H19NO3/c31-28(30-23-13-14-25-22(16-23)15-20-5-1-3-7-24(20)25)19-11-9-18(10-12-19)26-17-21-6-2-4-8-27(21)33-29(26)32/h1-14,16-17H,15H2,(H,30,31). The first-order chi connectivity index (χ1) is 16.2. The Hall–Kier alpha value is -4.44. The van der Waals surface area contributed by atoms with Gasteiger partial charge in [-0.15, -0.1) is 0 Å². The van der Waals surface area contributed by atoms with Crippen LogP contribution in [0.15, 0.2) is 106 Å². The van der Waals surface area contributed by atoms with Crippen LogP contribution in [-0.2, 0) is 6.42 Å². The van der Waals surface area contributed by atoms with Crippen LogP contribution in [0.3, 0.4) is 0 Å². The van der Waals surface area contributed by atoms with E-state index in [2.05, 4.69) is 35.6 Å². The van der Waals surface area contributed by atoms with Crippen molar-refractivity contribution in [2.24, 2.45) is 0 Å². The number of hydrogen-bond donors (Lipinski definition) is 1. The van der Waals surface area contributed by atoms with Crippen LogP contribution in [0, 0.1) is 0 Å². The molecular weight excluding hydrogens is 410 g/mol. The number of carbonyl (C=O) groups is 1. The number of carbonyl (C=O) groups excluding carboxylic acids is 1. The molecule has 0 saturated heterocycles. The molecule has 0 bridgehead atoms. The van der Waals surface area contributed by atoms with Crippen LogP contribution in [0.2, 0.25) is 0 Å². The van der Waals surface area contributed by atoms with Crippen molar-refractivity contribution in [3.8, 4) is 22.3 Å². The van der Waals surface area contributed by atoms with E-state index in [0.29, 0.717) is 22.3 Å². The number of para-hydroxylation sites is 1. The van der Waals surface area contributed by atoms with Crippen LogP contribution in [0.5, 0.6) is 0 Å². The molecule has 6 rings (SSSR count). The lowest BCUT2D eigenvalue weighted by atomic mass is 10.0. The molecule has 158 valence electrons. The van der Waals surface area contributed by atoms with Crippen LogP contribution in [0.25, 0.3) is 33.2 Å². The van der Waals surface area contributed by atoms with Crippen molar-refractivity contribution in [1.82, 2.24) is 0 Å². The highest BCUT2D eigenvalue weighted by Crippen LogP contribution is 2.37. The van der Waals surface area contributed by atoms with Crippen LogP contribution >= 0.6 is 0 Å². The fourth-order valence-corrected chi connectivity index (χ4v) is 4.49. The minimum atomic E-state index is -0.398. The summed E-state index contributed by atoms with van der Waals surface area (Å²) in [5, 5.41) is 3.84. The van der Waals surface area contributed by atoms with Gasteiger partial charge in [0.1, 0.15) is 5.58 Å². The normalized spacial score (nSPS) is 11.8. The second-order valence-electron chi connectivity index (χ2n) is 8.22. The highest BCUT2D eigenvalue weighted by molar-refractivity contribution is 6.04. The summed E-state index contributed by atoms with van der Waals surface area (Å²) < 4.78 is 5.43. The number of hydrogen-bond acceptors (Lipinski definition) is 3. The first kappa shape index (κ1) is 19.3. The predicted octanol–water partition coefficient (Wildman–Crippen LogP) is 6.28. The molecule has 4 nitrogen and oxygen atoms in total. The van der Waals surface area contributed by atoms with Crippen molar-refractivity contribution in [3.05, 3.63) is 124 Å². The third-order valence-corrected chi connectivity index (χ3v) is 6.15. The van der Waals surface area contributed by atoms with Gasteiger partial charge in [-0.1, -0.05) is 60.7 Å². The van der Waals surface area contributed by atoms with E-state index in [0.717, 1.165) is 17.5 Å². The van der Waals surface area contributed by atoms with E-state index in [1.807, 2.05) is 36.4 Å². The van der Waals surface area contributed by atoms with Crippen LogP contribution < -0.4 is 10.9 Å². The lowest BCUT2D eigenvalue weighted by Crippen LogP contribution is -2.12. The van der Waals surface area contributed by atoms with Gasteiger partial charge in [0.2, 0.25) is 0 Å². The fourth-order valence-electron chi connectivity index (χ4n) is 4.49. The monoisotopic (exact) mass is 429 g/mol. The second kappa shape index (κ2) is 7.61. The van der Waals surface area contributed by atoms with Crippen molar-refractivity contribution in [1.29, 1.82) is 0 Å². The molecule has 4 heteroatoms. The second-order valence-corrected chi connectivity index (χ2v) is 8.22. The summed E-state index contributed by atoms with van der Waals surface area (Å²) in [6.45, 7) is 0. The Kier molecular flexibility index (Phi) is 4.44. The van der Waals surface area contributed by atoms with Crippen molar-refractivity contribution >= 4 is 22.6 Å². The molecule has 5 aromatic rings. The number of fused-ring (bicyclic) bond motifs is 4. The smallest absolute Gasteiger partial charge is 0.344 e. The van der Waals surface area contributed by atoms with Gasteiger partial charge in [-0.05, 0) is 70.6 Å². The minimum absolute atomic E-state index is 0.192. The average Bonchev–Trinajstić information content (AvgIpc) is 3.21. The largest absolute Gasteiger partial charge is 0.422 e. The van der Waals surface area contributed by atoms with Gasteiger partial charge in [0.15, 0.2) is 0 Å². The summed E-state index contributed by atoms with van der Waals surface area (Å²) in [4.78, 5) is 25.3. The SMILES string of the molecule is O=C(Nc1ccc2c(c1)Cc1ccccc1-2)c1ccc(-c2cc3ccccc3oc2=O)cc1. The highest BCUT2D eigenvalue weighted by Gasteiger charge is 2.18. The molecule has 1 aliphatic rings. The first-order valence-electron chi connectivity index (χ1n) is 10.8. The van der Waals surface area contributed by atoms with E-state index >= 15 is 0 Å². The van der Waals surface area contributed by atoms with Gasteiger partial charge in [0, 0.05) is 16.6 Å². The topological polar surface area (TPSA) is 59.3 Å². The zero-order valence-electron chi connectivity index (χ0n) is 17.7. The molecule has 33 heavy (non-hydrogen) atoms. The Balaban J connectivity index is 1.23. The Labute approximate surface area is 190 Å². The molecule has 0 saturated carbocycles. The number of nitrogens with one attached hydrogen (secondary N) is 1. The maximum Gasteiger partial charge on any atom is 0.344 e. The van der Waals surface area contributed by atoms with E-state index in [1.165, 1.54) is 22.3 Å². The molecule has 1 amide bonds. The lowest BCUT2D eigenvalue weighted by Gasteiger charge is -2.09. The summed E-state index contributed by atoms with van der Waals surface area (Å²) in [5.41, 5.74) is 7.64. The Morgan fingerprint density at radius 1 is 0.727 bits per heavy atom. The Morgan fingerprint density at radius 2 is 1.48 bits per heavy atom. The highest BCUT2D eigenvalue weighted by atomic mass is 16.4. The molecular formula is C29H19NO3. The summed E-state index contributed by atoms with van der Waals surface area (Å²) in [6, 6.07) is 30.7. The molecule has 1 heterocycles. The van der Waals surface area contributed by atoms with E-state index < -0.39 is 5.63 Å². The van der Waals surface area contributed by atoms with Crippen LogP contribution in [0.4, 0.5) is 5.69 Å². The minimum Gasteiger partial charge on any atom is -0.422 e. The molecule has 0 aliphatic heterocycles. The zero-order chi connectivity index (χ0) is 22.4. The zero-order valence-corrected chi connectivity index (χ0v) is 17.7. The maximum absolute atomic E-state index is 12.8. The molecule has 1 aliphatic carbocycles. The first-order valence-corrected chi connectivity index (χ1v) is 10.8. The predicted molar refractivity (Wildman–Crippen MR) is 131 cm³/mol. The van der Waals surface area contributed by atoms with Gasteiger partial charge in [0.25, 0.3) is 5.91 Å². The Bertz CT molecular complexity index is 1600. The van der Waals surface area contributed by atoms with Gasteiger partial charge >= 0.3 is 5.63 Å². The molecule has 1 aromatic heterocycles. The van der Waals surface area contributed by atoms with Crippen molar-refractivity contribution in [2.45, 2.75) is 6.42 Å². The van der Waals surface area contributed by atoms with Gasteiger partial charge in [-0.25, -0.2) is 4.79 Å². The van der Waals surface area contributed by atoms with Gasteiger partial charge in [0.05, 0.1) is 5.56 Å². The van der Waals surface area contributed by atoms with E-state index in [-0.39, 0.29) is 5.91 Å². The average molecular weight is 429 g/mol. The van der Waals surface area contributed by atoms with Crippen LogP contribution in [0.1, 0.15) is 21.5 Å². The molecule has 0 unspecified atom stereocenters. The lowest BCUT2D eigenvalue weighted by molar-refractivity contribution is 0.102.